The predicted octanol–water partition coefficient (Wildman–Crippen LogP) is 1.04. The zero-order chi connectivity index (χ0) is 14.8. The molecule has 1 atom stereocenters. The van der Waals surface area contributed by atoms with Crippen molar-refractivity contribution in [3.63, 3.8) is 0 Å². The maximum atomic E-state index is 11.3. The molecule has 0 aromatic carbocycles. The average molecular weight is 291 g/mol. The molecule has 112 valence electrons. The van der Waals surface area contributed by atoms with E-state index in [4.69, 9.17) is 4.74 Å². The standard InChI is InChI=1S/C13H17N5O3/c1-2-17-7-9(6-14-17)12-11(13(19)20)15-16-18(12)8-10-4-3-5-21-10/h6-7,10H,2-5,8H2,1H3,(H,19,20). The summed E-state index contributed by atoms with van der Waals surface area (Å²) in [4.78, 5) is 11.3. The van der Waals surface area contributed by atoms with Crippen LogP contribution >= 0.6 is 0 Å². The first-order valence-electron chi connectivity index (χ1n) is 7.00. The van der Waals surface area contributed by atoms with Crippen LogP contribution in [0.3, 0.4) is 0 Å². The van der Waals surface area contributed by atoms with Gasteiger partial charge in [-0.15, -0.1) is 5.10 Å². The van der Waals surface area contributed by atoms with Crippen molar-refractivity contribution in [2.45, 2.75) is 39.0 Å². The summed E-state index contributed by atoms with van der Waals surface area (Å²) in [6.45, 7) is 3.94. The smallest absolute Gasteiger partial charge is 0.358 e. The lowest BCUT2D eigenvalue weighted by atomic mass is 10.2. The average Bonchev–Trinajstić information content (AvgIpc) is 3.18. The molecular formula is C13H17N5O3. The van der Waals surface area contributed by atoms with Gasteiger partial charge in [0, 0.05) is 24.9 Å². The molecule has 1 unspecified atom stereocenters. The summed E-state index contributed by atoms with van der Waals surface area (Å²) >= 11 is 0. The highest BCUT2D eigenvalue weighted by molar-refractivity contribution is 5.92. The number of carboxylic acid groups (broad SMARTS) is 1. The topological polar surface area (TPSA) is 95.1 Å². The molecule has 1 saturated heterocycles. The van der Waals surface area contributed by atoms with Crippen LogP contribution in [-0.4, -0.2) is 48.6 Å². The van der Waals surface area contributed by atoms with Crippen LogP contribution < -0.4 is 0 Å². The fraction of sp³-hybridized carbons (Fsp3) is 0.538. The second kappa shape index (κ2) is 5.65. The van der Waals surface area contributed by atoms with E-state index in [2.05, 4.69) is 15.4 Å². The van der Waals surface area contributed by atoms with Crippen LogP contribution in [0.4, 0.5) is 0 Å². The Morgan fingerprint density at radius 1 is 1.57 bits per heavy atom. The van der Waals surface area contributed by atoms with Crippen molar-refractivity contribution < 1.29 is 14.6 Å². The molecule has 8 nitrogen and oxygen atoms in total. The summed E-state index contributed by atoms with van der Waals surface area (Å²) < 4.78 is 8.94. The SMILES string of the molecule is CCn1cc(-c2c(C(=O)O)nnn2CC2CCCO2)cn1. The minimum atomic E-state index is -1.09. The Bertz CT molecular complexity index is 642. The van der Waals surface area contributed by atoms with Crippen LogP contribution in [0.2, 0.25) is 0 Å². The maximum Gasteiger partial charge on any atom is 0.358 e. The molecule has 1 aliphatic rings. The van der Waals surface area contributed by atoms with Gasteiger partial charge in [0.1, 0.15) is 5.69 Å². The second-order valence-electron chi connectivity index (χ2n) is 4.99. The van der Waals surface area contributed by atoms with Crippen molar-refractivity contribution in [1.82, 2.24) is 24.8 Å². The fourth-order valence-corrected chi connectivity index (χ4v) is 2.51. The third kappa shape index (κ3) is 2.66. The molecule has 3 rings (SSSR count). The zero-order valence-corrected chi connectivity index (χ0v) is 11.8. The van der Waals surface area contributed by atoms with Crippen LogP contribution in [0.25, 0.3) is 11.3 Å². The molecule has 2 aromatic heterocycles. The Morgan fingerprint density at radius 3 is 3.05 bits per heavy atom. The Kier molecular flexibility index (Phi) is 3.70. The highest BCUT2D eigenvalue weighted by Gasteiger charge is 2.25. The molecule has 8 heteroatoms. The second-order valence-corrected chi connectivity index (χ2v) is 4.99. The lowest BCUT2D eigenvalue weighted by molar-refractivity contribution is 0.0691. The van der Waals surface area contributed by atoms with Gasteiger partial charge in [0.15, 0.2) is 5.69 Å². The molecule has 3 heterocycles. The third-order valence-corrected chi connectivity index (χ3v) is 3.57. The van der Waals surface area contributed by atoms with Gasteiger partial charge in [-0.3, -0.25) is 4.68 Å². The molecule has 0 bridgehead atoms. The molecular weight excluding hydrogens is 274 g/mol. The Labute approximate surface area is 121 Å². The number of carboxylic acids is 1. The van der Waals surface area contributed by atoms with Crippen LogP contribution in [0.1, 0.15) is 30.3 Å². The van der Waals surface area contributed by atoms with E-state index < -0.39 is 5.97 Å². The molecule has 0 saturated carbocycles. The van der Waals surface area contributed by atoms with Gasteiger partial charge in [0.05, 0.1) is 18.8 Å². The van der Waals surface area contributed by atoms with Crippen molar-refractivity contribution in [3.05, 3.63) is 18.1 Å². The number of nitrogens with zero attached hydrogens (tertiary/aromatic N) is 5. The van der Waals surface area contributed by atoms with E-state index in [-0.39, 0.29) is 11.8 Å². The molecule has 1 N–H and O–H groups in total. The van der Waals surface area contributed by atoms with E-state index in [1.807, 2.05) is 6.92 Å². The number of aryl methyl sites for hydroxylation is 1. The molecule has 0 amide bonds. The van der Waals surface area contributed by atoms with Gasteiger partial charge in [0.2, 0.25) is 0 Å². The first-order valence-corrected chi connectivity index (χ1v) is 7.00. The minimum Gasteiger partial charge on any atom is -0.476 e. The van der Waals surface area contributed by atoms with Crippen LogP contribution in [0.5, 0.6) is 0 Å². The van der Waals surface area contributed by atoms with Crippen molar-refractivity contribution in [2.75, 3.05) is 6.61 Å². The monoisotopic (exact) mass is 291 g/mol. The number of ether oxygens (including phenoxy) is 1. The van der Waals surface area contributed by atoms with Gasteiger partial charge in [-0.05, 0) is 19.8 Å². The van der Waals surface area contributed by atoms with E-state index >= 15 is 0 Å². The van der Waals surface area contributed by atoms with Gasteiger partial charge >= 0.3 is 5.97 Å². The molecule has 0 radical (unpaired) electrons. The van der Waals surface area contributed by atoms with Gasteiger partial charge in [0.25, 0.3) is 0 Å². The summed E-state index contributed by atoms with van der Waals surface area (Å²) in [6.07, 6.45) is 5.48. The summed E-state index contributed by atoms with van der Waals surface area (Å²) in [7, 11) is 0. The minimum absolute atomic E-state index is 0.0522. The van der Waals surface area contributed by atoms with E-state index in [1.165, 1.54) is 0 Å². The molecule has 0 spiro atoms. The first-order chi connectivity index (χ1) is 10.2. The highest BCUT2D eigenvalue weighted by Crippen LogP contribution is 2.24. The number of hydrogen-bond acceptors (Lipinski definition) is 5. The van der Waals surface area contributed by atoms with E-state index in [0.717, 1.165) is 26.0 Å². The summed E-state index contributed by atoms with van der Waals surface area (Å²) in [5.41, 5.74) is 1.14. The van der Waals surface area contributed by atoms with Crippen molar-refractivity contribution in [2.24, 2.45) is 0 Å². The fourth-order valence-electron chi connectivity index (χ4n) is 2.51. The molecule has 1 aliphatic heterocycles. The van der Waals surface area contributed by atoms with E-state index in [9.17, 15) is 9.90 Å². The van der Waals surface area contributed by atoms with Crippen molar-refractivity contribution in [3.8, 4) is 11.3 Å². The number of hydrogen-bond donors (Lipinski definition) is 1. The number of aromatic nitrogens is 5. The highest BCUT2D eigenvalue weighted by atomic mass is 16.5. The first kappa shape index (κ1) is 13.7. The predicted molar refractivity (Wildman–Crippen MR) is 72.9 cm³/mol. The number of aromatic carboxylic acids is 1. The Balaban J connectivity index is 1.97. The lowest BCUT2D eigenvalue weighted by Crippen LogP contribution is -2.17. The summed E-state index contributed by atoms with van der Waals surface area (Å²) in [6, 6.07) is 0. The van der Waals surface area contributed by atoms with Crippen molar-refractivity contribution in [1.29, 1.82) is 0 Å². The third-order valence-electron chi connectivity index (χ3n) is 3.57. The molecule has 0 aliphatic carbocycles. The normalized spacial score (nSPS) is 18.2. The van der Waals surface area contributed by atoms with E-state index in [1.54, 1.807) is 21.8 Å². The maximum absolute atomic E-state index is 11.3. The van der Waals surface area contributed by atoms with Crippen molar-refractivity contribution >= 4 is 5.97 Å². The van der Waals surface area contributed by atoms with E-state index in [0.29, 0.717) is 17.8 Å². The number of rotatable bonds is 5. The van der Waals surface area contributed by atoms with Gasteiger partial charge in [-0.2, -0.15) is 5.10 Å². The largest absolute Gasteiger partial charge is 0.476 e. The van der Waals surface area contributed by atoms with Crippen LogP contribution in [0.15, 0.2) is 12.4 Å². The molecule has 21 heavy (non-hydrogen) atoms. The van der Waals surface area contributed by atoms with Gasteiger partial charge in [-0.1, -0.05) is 5.21 Å². The van der Waals surface area contributed by atoms with Crippen LogP contribution in [-0.2, 0) is 17.8 Å². The van der Waals surface area contributed by atoms with Gasteiger partial charge in [-0.25, -0.2) is 9.48 Å². The molecule has 1 fully saturated rings. The van der Waals surface area contributed by atoms with Gasteiger partial charge < -0.3 is 9.84 Å². The Hall–Kier alpha value is -2.22. The molecule has 2 aromatic rings. The zero-order valence-electron chi connectivity index (χ0n) is 11.8. The summed E-state index contributed by atoms with van der Waals surface area (Å²) in [5, 5.41) is 21.2. The Morgan fingerprint density at radius 2 is 2.43 bits per heavy atom. The quantitative estimate of drug-likeness (QED) is 0.884. The lowest BCUT2D eigenvalue weighted by Gasteiger charge is -2.11. The summed E-state index contributed by atoms with van der Waals surface area (Å²) in [5.74, 6) is -1.09. The number of carbonyl (C=O) groups is 1. The van der Waals surface area contributed by atoms with Crippen LogP contribution in [0, 0.1) is 0 Å².